The van der Waals surface area contributed by atoms with Crippen LogP contribution in [0, 0.1) is 0 Å². The molecule has 0 aromatic heterocycles. The van der Waals surface area contributed by atoms with Crippen molar-refractivity contribution < 1.29 is 24.5 Å². The molecule has 0 atom stereocenters. The molecule has 0 amide bonds. The van der Waals surface area contributed by atoms with Crippen LogP contribution in [0.1, 0.15) is 104 Å². The van der Waals surface area contributed by atoms with Gasteiger partial charge in [-0.25, -0.2) is 0 Å². The second kappa shape index (κ2) is 63.5. The fourth-order valence-electron chi connectivity index (χ4n) is 1.54. The predicted molar refractivity (Wildman–Crippen MR) is 157 cm³/mol. The van der Waals surface area contributed by atoms with Gasteiger partial charge in [0.05, 0.1) is 13.0 Å². The molecule has 0 aliphatic carbocycles. The number of nitrogens with zero attached hydrogens (tertiary/aromatic N) is 1. The number of carbonyl (C=O) groups excluding carboxylic acids is 1. The number of carbonyl (C=O) groups is 2. The molecule has 0 aliphatic rings. The number of rotatable bonds is 12. The topological polar surface area (TPSA) is 111 Å². The normalized spacial score (nSPS) is 7.56. The lowest BCUT2D eigenvalue weighted by atomic mass is 10.4. The molecule has 0 aromatic rings. The van der Waals surface area contributed by atoms with Gasteiger partial charge in [-0.1, -0.05) is 72.3 Å². The molecule has 0 saturated heterocycles. The Bertz CT molecular complexity index is 298. The van der Waals surface area contributed by atoms with Crippen LogP contribution in [-0.2, 0) is 14.3 Å². The Morgan fingerprint density at radius 2 is 1.21 bits per heavy atom. The Kier molecular flexibility index (Phi) is 119. The van der Waals surface area contributed by atoms with Crippen molar-refractivity contribution in [3.05, 3.63) is 0 Å². The molecule has 0 aromatic carbocycles. The summed E-state index contributed by atoms with van der Waals surface area (Å²) in [5.41, 5.74) is 0. The number of hydrogen-bond acceptors (Lipinski definition) is 7. The van der Waals surface area contributed by atoms with Crippen LogP contribution in [-0.4, -0.2) is 87.6 Å². The molecule has 34 heavy (non-hydrogen) atoms. The number of aliphatic hydroxyl groups excluding tert-OH is 1. The average Bonchev–Trinajstić information content (AvgIpc) is 2.67. The van der Waals surface area contributed by atoms with E-state index in [9.17, 15) is 9.59 Å². The Morgan fingerprint density at radius 3 is 1.41 bits per heavy atom. The molecule has 0 bridgehead atoms. The lowest BCUT2D eigenvalue weighted by Gasteiger charge is -2.12. The number of ether oxygens (including phenoxy) is 1. The van der Waals surface area contributed by atoms with E-state index >= 15 is 0 Å². The molecule has 0 saturated carbocycles. The number of nitrogens with one attached hydrogen (secondary N) is 2. The van der Waals surface area contributed by atoms with Crippen LogP contribution in [0.3, 0.4) is 0 Å². The van der Waals surface area contributed by atoms with E-state index < -0.39 is 5.97 Å². The van der Waals surface area contributed by atoms with E-state index in [4.69, 9.17) is 10.2 Å². The van der Waals surface area contributed by atoms with Gasteiger partial charge >= 0.3 is 11.9 Å². The van der Waals surface area contributed by atoms with Crippen molar-refractivity contribution in [2.24, 2.45) is 0 Å². The fourth-order valence-corrected chi connectivity index (χ4v) is 1.54. The first-order chi connectivity index (χ1) is 13.3. The van der Waals surface area contributed by atoms with Crippen LogP contribution in [0.4, 0.5) is 0 Å². The minimum Gasteiger partial charge on any atom is -0.481 e. The van der Waals surface area contributed by atoms with Crippen molar-refractivity contribution in [1.29, 1.82) is 0 Å². The zero-order chi connectivity index (χ0) is 22.6. The number of hydrogen-bond donors (Lipinski definition) is 4. The molecule has 4 N–H and O–H groups in total. The minimum absolute atomic E-state index is 0. The van der Waals surface area contributed by atoms with Crippen LogP contribution >= 0.6 is 0 Å². The van der Waals surface area contributed by atoms with E-state index in [0.29, 0.717) is 13.0 Å². The first-order valence-electron chi connectivity index (χ1n) is 10.3. The van der Waals surface area contributed by atoms with Crippen LogP contribution in [0.2, 0.25) is 0 Å². The van der Waals surface area contributed by atoms with E-state index in [0.717, 1.165) is 26.1 Å². The Labute approximate surface area is 217 Å². The summed E-state index contributed by atoms with van der Waals surface area (Å²) in [5, 5.41) is 22.5. The number of esters is 1. The lowest BCUT2D eigenvalue weighted by molar-refractivity contribution is -0.144. The highest BCUT2D eigenvalue weighted by Crippen LogP contribution is 1.88. The van der Waals surface area contributed by atoms with Crippen LogP contribution in [0.5, 0.6) is 0 Å². The van der Waals surface area contributed by atoms with Crippen molar-refractivity contribution in [3.8, 4) is 0 Å². The third-order valence-corrected chi connectivity index (χ3v) is 2.96. The maximum Gasteiger partial charge on any atom is 0.305 e. The first-order valence-corrected chi connectivity index (χ1v) is 10.3. The molecule has 0 spiro atoms. The fraction of sp³-hybridized carbons (Fsp3) is 0.923. The zero-order valence-electron chi connectivity index (χ0n) is 19.3. The number of carboxylic acid groups (broad SMARTS) is 1. The maximum atomic E-state index is 10.2. The third-order valence-electron chi connectivity index (χ3n) is 2.96. The number of carboxylic acids is 1. The number of aliphatic carboxylic acids is 1. The molecule has 0 rings (SSSR count). The van der Waals surface area contributed by atoms with Crippen molar-refractivity contribution in [2.75, 3.05) is 60.5 Å². The van der Waals surface area contributed by atoms with Gasteiger partial charge in [0.15, 0.2) is 0 Å². The van der Waals surface area contributed by atoms with Gasteiger partial charge in [-0.2, -0.15) is 0 Å². The van der Waals surface area contributed by atoms with Crippen LogP contribution in [0.25, 0.3) is 0 Å². The monoisotopic (exact) mass is 506 g/mol. The van der Waals surface area contributed by atoms with Gasteiger partial charge in [0, 0.05) is 13.0 Å². The van der Waals surface area contributed by atoms with Gasteiger partial charge in [0.25, 0.3) is 0 Å². The molecule has 0 fully saturated rings. The Hall–Kier alpha value is -1.22. The summed E-state index contributed by atoms with van der Waals surface area (Å²) in [6.45, 7) is 12.0. The van der Waals surface area contributed by atoms with Gasteiger partial charge in [-0.15, -0.1) is 0 Å². The zero-order valence-corrected chi connectivity index (χ0v) is 19.3. The van der Waals surface area contributed by atoms with E-state index in [1.165, 1.54) is 12.8 Å². The van der Waals surface area contributed by atoms with Crippen LogP contribution < -0.4 is 10.6 Å². The summed E-state index contributed by atoms with van der Waals surface area (Å²) < 4.78 is 4.45. The van der Waals surface area contributed by atoms with E-state index in [1.807, 2.05) is 26.0 Å². The van der Waals surface area contributed by atoms with Crippen LogP contribution in [0.15, 0.2) is 0 Å². The maximum absolute atomic E-state index is 10.2. The summed E-state index contributed by atoms with van der Waals surface area (Å²) in [7, 11) is 5.86. The lowest BCUT2D eigenvalue weighted by Crippen LogP contribution is -2.22. The molecule has 0 radical (unpaired) electrons. The second-order valence-corrected chi connectivity index (χ2v) is 5.95. The molecule has 0 unspecified atom stereocenters. The summed E-state index contributed by atoms with van der Waals surface area (Å²) in [4.78, 5) is 22.3. The van der Waals surface area contributed by atoms with Gasteiger partial charge < -0.3 is 30.5 Å². The molecule has 220 valence electrons. The standard InChI is InChI=1S/C7H15NO2.C5H10O3.2C4H11N.6CH4/c1-3-5-8(2)6-4-7(9)10;1-2-5(7)8-4-3-6;2*1-3-4-5-2;;;;;;/h3-6H2,1-2H3,(H,9,10);6H,2-4H2,1H3;2*5H,3-4H2,1-2H3;6*1H4. The van der Waals surface area contributed by atoms with Gasteiger partial charge in [0.1, 0.15) is 6.61 Å². The summed E-state index contributed by atoms with van der Waals surface area (Å²) in [6, 6.07) is 0. The van der Waals surface area contributed by atoms with Gasteiger partial charge in [-0.05, 0) is 60.0 Å². The Morgan fingerprint density at radius 1 is 0.794 bits per heavy atom. The molecule has 8 nitrogen and oxygen atoms in total. The van der Waals surface area contributed by atoms with Crippen molar-refractivity contribution in [1.82, 2.24) is 15.5 Å². The molecule has 0 aliphatic heterocycles. The highest BCUT2D eigenvalue weighted by atomic mass is 16.5. The molecule has 0 heterocycles. The van der Waals surface area contributed by atoms with Gasteiger partial charge in [0.2, 0.25) is 0 Å². The van der Waals surface area contributed by atoms with Crippen molar-refractivity contribution in [3.63, 3.8) is 0 Å². The molecular weight excluding hydrogens is 434 g/mol. The first kappa shape index (κ1) is 63.8. The quantitative estimate of drug-likeness (QED) is 0.247. The van der Waals surface area contributed by atoms with Crippen molar-refractivity contribution in [2.45, 2.75) is 104 Å². The SMILES string of the molecule is C.C.C.C.C.C.CCC(=O)OCCO.CCCN(C)CCC(=O)O.CCCNC.CCCNC. The van der Waals surface area contributed by atoms with Crippen molar-refractivity contribution >= 4 is 11.9 Å². The predicted octanol–water partition coefficient (Wildman–Crippen LogP) is 5.78. The van der Waals surface area contributed by atoms with Gasteiger partial charge in [-0.3, -0.25) is 9.59 Å². The summed E-state index contributed by atoms with van der Waals surface area (Å²) in [6.07, 6.45) is 4.17. The largest absolute Gasteiger partial charge is 0.481 e. The molecular formula is C26H71N3O5. The minimum atomic E-state index is -0.719. The smallest absolute Gasteiger partial charge is 0.305 e. The third kappa shape index (κ3) is 96.9. The molecule has 8 heteroatoms. The van der Waals surface area contributed by atoms with E-state index in [1.54, 1.807) is 6.92 Å². The summed E-state index contributed by atoms with van der Waals surface area (Å²) >= 11 is 0. The Balaban J connectivity index is -0.0000000276. The van der Waals surface area contributed by atoms with E-state index in [-0.39, 0.29) is 70.2 Å². The highest BCUT2D eigenvalue weighted by Gasteiger charge is 1.99. The average molecular weight is 506 g/mol. The second-order valence-electron chi connectivity index (χ2n) is 5.95. The summed E-state index contributed by atoms with van der Waals surface area (Å²) in [5.74, 6) is -0.984. The number of aliphatic hydroxyl groups is 1. The highest BCUT2D eigenvalue weighted by molar-refractivity contribution is 5.68. The van der Waals surface area contributed by atoms with E-state index in [2.05, 4.69) is 36.1 Å².